The van der Waals surface area contributed by atoms with Gasteiger partial charge >= 0.3 is 6.08 Å². The van der Waals surface area contributed by atoms with E-state index in [-0.39, 0.29) is 24.6 Å². The molecule has 2 aromatic rings. The van der Waals surface area contributed by atoms with Crippen LogP contribution in [0.3, 0.4) is 0 Å². The van der Waals surface area contributed by atoms with Crippen LogP contribution in [0.4, 0.5) is 0 Å². The van der Waals surface area contributed by atoms with Crippen molar-refractivity contribution in [2.45, 2.75) is 33.2 Å². The molecule has 0 spiro atoms. The largest absolute Gasteiger partial charge is 0.439 e. The van der Waals surface area contributed by atoms with E-state index < -0.39 is 0 Å². The number of hydrogen-bond acceptors (Lipinski definition) is 5. The molecule has 1 aromatic carbocycles. The van der Waals surface area contributed by atoms with Crippen molar-refractivity contribution in [3.63, 3.8) is 0 Å². The van der Waals surface area contributed by atoms with Crippen LogP contribution < -0.4 is 10.1 Å². The van der Waals surface area contributed by atoms with E-state index in [2.05, 4.69) is 29.3 Å². The number of aromatic nitrogens is 2. The molecule has 1 atom stereocenters. The van der Waals surface area contributed by atoms with Gasteiger partial charge in [-0.3, -0.25) is 9.32 Å². The van der Waals surface area contributed by atoms with Crippen molar-refractivity contribution < 1.29 is 14.1 Å². The molecule has 6 heteroatoms. The van der Waals surface area contributed by atoms with Gasteiger partial charge in [0.25, 0.3) is 5.91 Å². The first kappa shape index (κ1) is 16.0. The monoisotopic (exact) mass is 303 g/mol. The number of ether oxygens (including phenoxy) is 1. The zero-order valence-corrected chi connectivity index (χ0v) is 13.1. The molecule has 0 fully saturated rings. The smallest absolute Gasteiger partial charge is 0.417 e. The lowest BCUT2D eigenvalue weighted by Gasteiger charge is -2.21. The predicted molar refractivity (Wildman–Crippen MR) is 81.3 cm³/mol. The lowest BCUT2D eigenvalue weighted by atomic mass is 9.97. The van der Waals surface area contributed by atoms with Gasteiger partial charge in [-0.1, -0.05) is 49.3 Å². The standard InChI is InChI=1S/C16H21N3O3/c1-11(2)9-14(13-7-5-4-6-8-13)18-15(20)10-21-16-17-12(3)19-22-16/h4-8,11,14H,9-10H2,1-3H3,(H,18,20). The third kappa shape index (κ3) is 4.87. The summed E-state index contributed by atoms with van der Waals surface area (Å²) >= 11 is 0. The van der Waals surface area contributed by atoms with E-state index in [0.717, 1.165) is 12.0 Å². The van der Waals surface area contributed by atoms with E-state index in [0.29, 0.717) is 11.7 Å². The van der Waals surface area contributed by atoms with Gasteiger partial charge in [-0.15, -0.1) is 0 Å². The maximum Gasteiger partial charge on any atom is 0.417 e. The van der Waals surface area contributed by atoms with Crippen LogP contribution in [0.2, 0.25) is 0 Å². The molecule has 6 nitrogen and oxygen atoms in total. The number of aryl methyl sites for hydroxylation is 1. The van der Waals surface area contributed by atoms with E-state index in [1.165, 1.54) is 0 Å². The van der Waals surface area contributed by atoms with E-state index >= 15 is 0 Å². The summed E-state index contributed by atoms with van der Waals surface area (Å²) in [5.41, 5.74) is 1.08. The summed E-state index contributed by atoms with van der Waals surface area (Å²) in [5, 5.41) is 6.59. The second-order valence-corrected chi connectivity index (χ2v) is 5.56. The highest BCUT2D eigenvalue weighted by molar-refractivity contribution is 5.77. The first-order chi connectivity index (χ1) is 10.5. The minimum atomic E-state index is -0.217. The number of benzene rings is 1. The number of carbonyl (C=O) groups is 1. The number of nitrogens with one attached hydrogen (secondary N) is 1. The summed E-state index contributed by atoms with van der Waals surface area (Å²) in [7, 11) is 0. The van der Waals surface area contributed by atoms with Crippen LogP contribution >= 0.6 is 0 Å². The average Bonchev–Trinajstić information content (AvgIpc) is 2.91. The molecule has 0 aliphatic rings. The van der Waals surface area contributed by atoms with Crippen LogP contribution in [0.25, 0.3) is 0 Å². The predicted octanol–water partition coefficient (Wildman–Crippen LogP) is 2.66. The van der Waals surface area contributed by atoms with Gasteiger partial charge in [0.05, 0.1) is 6.04 Å². The summed E-state index contributed by atoms with van der Waals surface area (Å²) in [6.07, 6.45) is 0.864. The molecule has 1 amide bonds. The minimum Gasteiger partial charge on any atom is -0.439 e. The lowest BCUT2D eigenvalue weighted by molar-refractivity contribution is -0.124. The maximum absolute atomic E-state index is 12.1. The van der Waals surface area contributed by atoms with Gasteiger partial charge in [0.15, 0.2) is 12.4 Å². The van der Waals surface area contributed by atoms with Crippen molar-refractivity contribution in [2.24, 2.45) is 5.92 Å². The molecule has 1 unspecified atom stereocenters. The van der Waals surface area contributed by atoms with E-state index in [1.807, 2.05) is 30.3 Å². The highest BCUT2D eigenvalue weighted by Crippen LogP contribution is 2.21. The normalized spacial score (nSPS) is 12.2. The zero-order chi connectivity index (χ0) is 15.9. The Bertz CT molecular complexity index is 596. The molecule has 0 saturated carbocycles. The van der Waals surface area contributed by atoms with E-state index in [1.54, 1.807) is 6.92 Å². The lowest BCUT2D eigenvalue weighted by Crippen LogP contribution is -2.33. The highest BCUT2D eigenvalue weighted by atomic mass is 16.6. The minimum absolute atomic E-state index is 0.00720. The summed E-state index contributed by atoms with van der Waals surface area (Å²) in [5.74, 6) is 0.716. The van der Waals surface area contributed by atoms with Crippen molar-refractivity contribution in [2.75, 3.05) is 6.61 Å². The molecule has 0 radical (unpaired) electrons. The molecule has 0 aliphatic carbocycles. The zero-order valence-electron chi connectivity index (χ0n) is 13.1. The number of nitrogens with zero attached hydrogens (tertiary/aromatic N) is 2. The first-order valence-corrected chi connectivity index (χ1v) is 7.32. The summed E-state index contributed by atoms with van der Waals surface area (Å²) < 4.78 is 9.98. The van der Waals surface area contributed by atoms with Crippen LogP contribution in [0.1, 0.15) is 37.7 Å². The second-order valence-electron chi connectivity index (χ2n) is 5.56. The van der Waals surface area contributed by atoms with E-state index in [4.69, 9.17) is 9.26 Å². The summed E-state index contributed by atoms with van der Waals surface area (Å²) in [4.78, 5) is 16.0. The van der Waals surface area contributed by atoms with Gasteiger partial charge in [-0.05, 0) is 24.8 Å². The third-order valence-corrected chi connectivity index (χ3v) is 3.08. The molecule has 118 valence electrons. The van der Waals surface area contributed by atoms with Crippen LogP contribution in [-0.2, 0) is 4.79 Å². The molecule has 2 rings (SSSR count). The average molecular weight is 303 g/mol. The fraction of sp³-hybridized carbons (Fsp3) is 0.438. The number of hydrogen-bond donors (Lipinski definition) is 1. The van der Waals surface area contributed by atoms with Crippen LogP contribution in [0.5, 0.6) is 6.08 Å². The van der Waals surface area contributed by atoms with Crippen molar-refractivity contribution in [3.05, 3.63) is 41.7 Å². The van der Waals surface area contributed by atoms with Crippen molar-refractivity contribution in [1.82, 2.24) is 15.5 Å². The maximum atomic E-state index is 12.1. The number of rotatable bonds is 7. The van der Waals surface area contributed by atoms with Crippen molar-refractivity contribution in [1.29, 1.82) is 0 Å². The molecule has 0 bridgehead atoms. The Morgan fingerprint density at radius 1 is 1.32 bits per heavy atom. The Morgan fingerprint density at radius 2 is 2.05 bits per heavy atom. The summed E-state index contributed by atoms with van der Waals surface area (Å²) in [6.45, 7) is 5.78. The fourth-order valence-corrected chi connectivity index (χ4v) is 2.14. The second kappa shape index (κ2) is 7.59. The Labute approximate surface area is 129 Å². The molecular weight excluding hydrogens is 282 g/mol. The van der Waals surface area contributed by atoms with Gasteiger partial charge in [-0.25, -0.2) is 0 Å². The Kier molecular flexibility index (Phi) is 5.52. The van der Waals surface area contributed by atoms with Gasteiger partial charge in [0.1, 0.15) is 0 Å². The van der Waals surface area contributed by atoms with E-state index in [9.17, 15) is 4.79 Å². The number of amides is 1. The van der Waals surface area contributed by atoms with Crippen molar-refractivity contribution >= 4 is 5.91 Å². The molecule has 1 heterocycles. The summed E-state index contributed by atoms with van der Waals surface area (Å²) in [6, 6.07) is 9.87. The van der Waals surface area contributed by atoms with Crippen LogP contribution in [0.15, 0.2) is 34.9 Å². The highest BCUT2D eigenvalue weighted by Gasteiger charge is 2.17. The number of carbonyl (C=O) groups excluding carboxylic acids is 1. The molecule has 22 heavy (non-hydrogen) atoms. The van der Waals surface area contributed by atoms with Gasteiger partial charge in [0.2, 0.25) is 0 Å². The van der Waals surface area contributed by atoms with Gasteiger partial charge in [0, 0.05) is 0 Å². The first-order valence-electron chi connectivity index (χ1n) is 7.32. The molecule has 0 saturated heterocycles. The van der Waals surface area contributed by atoms with Gasteiger partial charge < -0.3 is 10.1 Å². The molecule has 0 aliphatic heterocycles. The molecule has 1 N–H and O–H groups in total. The Morgan fingerprint density at radius 3 is 2.64 bits per heavy atom. The van der Waals surface area contributed by atoms with Crippen LogP contribution in [0, 0.1) is 12.8 Å². The molecule has 1 aromatic heterocycles. The van der Waals surface area contributed by atoms with Crippen LogP contribution in [-0.4, -0.2) is 22.7 Å². The topological polar surface area (TPSA) is 77.2 Å². The fourth-order valence-electron chi connectivity index (χ4n) is 2.14. The third-order valence-electron chi connectivity index (χ3n) is 3.08. The van der Waals surface area contributed by atoms with Crippen molar-refractivity contribution in [3.8, 4) is 6.08 Å². The molecular formula is C16H21N3O3. The Hall–Kier alpha value is -2.37. The SMILES string of the molecule is Cc1noc(OCC(=O)NC(CC(C)C)c2ccccc2)n1. The quantitative estimate of drug-likeness (QED) is 0.851. The Balaban J connectivity index is 1.93. The van der Waals surface area contributed by atoms with Gasteiger partial charge in [-0.2, -0.15) is 4.98 Å².